The molecule has 2 aromatic heterocycles. The highest BCUT2D eigenvalue weighted by Crippen LogP contribution is 2.21. The molecule has 2 heterocycles. The van der Waals surface area contributed by atoms with Crippen LogP contribution in [0.5, 0.6) is 0 Å². The molecule has 1 N–H and O–H groups in total. The average Bonchev–Trinajstić information content (AvgIpc) is 2.98. The number of hydrogen-bond acceptors (Lipinski definition) is 5. The van der Waals surface area contributed by atoms with Gasteiger partial charge < -0.3 is 9.84 Å². The highest BCUT2D eigenvalue weighted by Gasteiger charge is 2.25. The average molecular weight is 354 g/mol. The van der Waals surface area contributed by atoms with E-state index in [9.17, 15) is 9.59 Å². The lowest BCUT2D eigenvalue weighted by Gasteiger charge is -2.18. The van der Waals surface area contributed by atoms with E-state index in [-0.39, 0.29) is 11.4 Å². The molecule has 26 heavy (non-hydrogen) atoms. The number of aryl methyl sites for hydroxylation is 4. The maximum Gasteiger partial charge on any atom is 0.297 e. The highest BCUT2D eigenvalue weighted by molar-refractivity contribution is 5.94. The Balaban J connectivity index is 2.02. The summed E-state index contributed by atoms with van der Waals surface area (Å²) in [7, 11) is 0. The van der Waals surface area contributed by atoms with E-state index in [4.69, 9.17) is 4.52 Å². The number of anilines is 1. The van der Waals surface area contributed by atoms with Crippen molar-refractivity contribution in [3.8, 4) is 0 Å². The first-order valence-electron chi connectivity index (χ1n) is 8.57. The number of carbonyl (C=O) groups is 1. The molecule has 7 heteroatoms. The van der Waals surface area contributed by atoms with Crippen LogP contribution in [-0.4, -0.2) is 20.8 Å². The molecule has 1 amide bonds. The molecular formula is C19H22N4O3. The molecule has 0 aliphatic carbocycles. The molecule has 3 rings (SSSR count). The van der Waals surface area contributed by atoms with Gasteiger partial charge in [0.1, 0.15) is 11.8 Å². The molecule has 1 aromatic carbocycles. The Morgan fingerprint density at radius 2 is 2.00 bits per heavy atom. The smallest absolute Gasteiger partial charge is 0.297 e. The van der Waals surface area contributed by atoms with Gasteiger partial charge in [0, 0.05) is 5.69 Å². The van der Waals surface area contributed by atoms with Crippen LogP contribution in [0.4, 0.5) is 5.69 Å². The number of benzene rings is 1. The van der Waals surface area contributed by atoms with Crippen molar-refractivity contribution in [2.75, 3.05) is 5.32 Å². The van der Waals surface area contributed by atoms with Crippen molar-refractivity contribution in [1.82, 2.24) is 14.9 Å². The van der Waals surface area contributed by atoms with Gasteiger partial charge in [0.05, 0.1) is 11.1 Å². The van der Waals surface area contributed by atoms with Crippen molar-refractivity contribution >= 4 is 22.5 Å². The number of fused-ring (bicyclic) bond motifs is 1. The van der Waals surface area contributed by atoms with E-state index in [0.29, 0.717) is 23.3 Å². The number of carbonyl (C=O) groups excluding carboxylic acids is 1. The van der Waals surface area contributed by atoms with E-state index in [1.54, 1.807) is 13.8 Å². The van der Waals surface area contributed by atoms with Crippen molar-refractivity contribution in [2.24, 2.45) is 0 Å². The minimum Gasteiger partial charge on any atom is -0.360 e. The molecule has 0 fully saturated rings. The van der Waals surface area contributed by atoms with Gasteiger partial charge in [0.15, 0.2) is 5.52 Å². The third kappa shape index (κ3) is 3.00. The predicted octanol–water partition coefficient (Wildman–Crippen LogP) is 3.21. The number of nitrogens with one attached hydrogen (secondary N) is 1. The standard InChI is InChI=1S/C19H22N4O3/c1-6-15(18(24)20-14-9-10(2)7-8-11(14)3)23-19(25)17-16(12(4)21-23)13(5)26-22-17/h7-9,15H,6H2,1-5H3,(H,20,24). The van der Waals surface area contributed by atoms with Gasteiger partial charge in [0.25, 0.3) is 5.56 Å². The van der Waals surface area contributed by atoms with Crippen LogP contribution in [-0.2, 0) is 4.79 Å². The summed E-state index contributed by atoms with van der Waals surface area (Å²) < 4.78 is 6.33. The third-order valence-electron chi connectivity index (χ3n) is 4.53. The first-order valence-corrected chi connectivity index (χ1v) is 8.57. The second kappa shape index (κ2) is 6.74. The van der Waals surface area contributed by atoms with Gasteiger partial charge in [-0.3, -0.25) is 9.59 Å². The lowest BCUT2D eigenvalue weighted by atomic mass is 10.1. The minimum absolute atomic E-state index is 0.202. The lowest BCUT2D eigenvalue weighted by molar-refractivity contribution is -0.119. The Labute approximate surface area is 151 Å². The zero-order valence-corrected chi connectivity index (χ0v) is 15.6. The van der Waals surface area contributed by atoms with Crippen LogP contribution in [0.1, 0.15) is 42.0 Å². The fourth-order valence-corrected chi connectivity index (χ4v) is 3.08. The first-order chi connectivity index (χ1) is 12.3. The van der Waals surface area contributed by atoms with Crippen LogP contribution in [0.3, 0.4) is 0 Å². The van der Waals surface area contributed by atoms with Crippen molar-refractivity contribution in [1.29, 1.82) is 0 Å². The Bertz CT molecular complexity index is 1050. The van der Waals surface area contributed by atoms with Gasteiger partial charge in [-0.1, -0.05) is 24.2 Å². The van der Waals surface area contributed by atoms with Crippen LogP contribution in [0.25, 0.3) is 10.9 Å². The van der Waals surface area contributed by atoms with Crippen LogP contribution in [0.15, 0.2) is 27.5 Å². The zero-order chi connectivity index (χ0) is 19.0. The quantitative estimate of drug-likeness (QED) is 0.777. The summed E-state index contributed by atoms with van der Waals surface area (Å²) in [5.41, 5.74) is 3.12. The summed E-state index contributed by atoms with van der Waals surface area (Å²) in [4.78, 5) is 25.6. The molecule has 1 atom stereocenters. The molecule has 0 bridgehead atoms. The van der Waals surface area contributed by atoms with Gasteiger partial charge in [-0.15, -0.1) is 0 Å². The van der Waals surface area contributed by atoms with E-state index in [0.717, 1.165) is 16.8 Å². The van der Waals surface area contributed by atoms with Gasteiger partial charge in [-0.2, -0.15) is 5.10 Å². The van der Waals surface area contributed by atoms with Crippen LogP contribution in [0.2, 0.25) is 0 Å². The normalized spacial score (nSPS) is 12.3. The molecule has 0 saturated carbocycles. The largest absolute Gasteiger partial charge is 0.360 e. The predicted molar refractivity (Wildman–Crippen MR) is 99.4 cm³/mol. The summed E-state index contributed by atoms with van der Waals surface area (Å²) in [5.74, 6) is 0.261. The van der Waals surface area contributed by atoms with Gasteiger partial charge in [0.2, 0.25) is 5.91 Å². The minimum atomic E-state index is -0.734. The van der Waals surface area contributed by atoms with E-state index < -0.39 is 11.6 Å². The van der Waals surface area contributed by atoms with Gasteiger partial charge >= 0.3 is 0 Å². The molecule has 0 aliphatic rings. The SMILES string of the molecule is CCC(C(=O)Nc1cc(C)ccc1C)n1nc(C)c2c(C)onc2c1=O. The fourth-order valence-electron chi connectivity index (χ4n) is 3.08. The third-order valence-corrected chi connectivity index (χ3v) is 4.53. The van der Waals surface area contributed by atoms with E-state index in [2.05, 4.69) is 15.6 Å². The zero-order valence-electron chi connectivity index (χ0n) is 15.6. The summed E-state index contributed by atoms with van der Waals surface area (Å²) >= 11 is 0. The maximum atomic E-state index is 12.9. The van der Waals surface area contributed by atoms with Crippen molar-refractivity contribution in [3.63, 3.8) is 0 Å². The first kappa shape index (κ1) is 17.8. The molecule has 1 unspecified atom stereocenters. The molecule has 136 valence electrons. The van der Waals surface area contributed by atoms with Gasteiger partial charge in [-0.05, 0) is 51.3 Å². The van der Waals surface area contributed by atoms with Crippen LogP contribution >= 0.6 is 0 Å². The topological polar surface area (TPSA) is 90.0 Å². The Hall–Kier alpha value is -2.96. The molecule has 0 aliphatic heterocycles. The van der Waals surface area contributed by atoms with Crippen molar-refractivity contribution < 1.29 is 9.32 Å². The van der Waals surface area contributed by atoms with Crippen molar-refractivity contribution in [2.45, 2.75) is 47.1 Å². The number of hydrogen-bond donors (Lipinski definition) is 1. The molecule has 0 spiro atoms. The molecular weight excluding hydrogens is 332 g/mol. The van der Waals surface area contributed by atoms with Crippen LogP contribution < -0.4 is 10.9 Å². The number of amides is 1. The molecule has 0 radical (unpaired) electrons. The fraction of sp³-hybridized carbons (Fsp3) is 0.368. The Kier molecular flexibility index (Phi) is 4.63. The van der Waals surface area contributed by atoms with E-state index in [1.165, 1.54) is 4.68 Å². The molecule has 7 nitrogen and oxygen atoms in total. The summed E-state index contributed by atoms with van der Waals surface area (Å²) in [6.45, 7) is 9.24. The van der Waals surface area contributed by atoms with E-state index >= 15 is 0 Å². The Morgan fingerprint density at radius 3 is 2.69 bits per heavy atom. The summed E-state index contributed by atoms with van der Waals surface area (Å²) in [6, 6.07) is 5.11. The summed E-state index contributed by atoms with van der Waals surface area (Å²) in [6.07, 6.45) is 0.422. The highest BCUT2D eigenvalue weighted by atomic mass is 16.5. The summed E-state index contributed by atoms with van der Waals surface area (Å²) in [5, 5.41) is 11.7. The second-order valence-corrected chi connectivity index (χ2v) is 6.53. The lowest BCUT2D eigenvalue weighted by Crippen LogP contribution is -2.35. The molecule has 0 saturated heterocycles. The maximum absolute atomic E-state index is 12.9. The molecule has 3 aromatic rings. The van der Waals surface area contributed by atoms with Crippen molar-refractivity contribution in [3.05, 3.63) is 51.1 Å². The number of rotatable bonds is 4. The van der Waals surface area contributed by atoms with Gasteiger partial charge in [-0.25, -0.2) is 4.68 Å². The number of aromatic nitrogens is 3. The monoisotopic (exact) mass is 354 g/mol. The van der Waals surface area contributed by atoms with E-state index in [1.807, 2.05) is 39.0 Å². The number of nitrogens with zero attached hydrogens (tertiary/aromatic N) is 3. The van der Waals surface area contributed by atoms with Crippen LogP contribution in [0, 0.1) is 27.7 Å². The second-order valence-electron chi connectivity index (χ2n) is 6.53. The Morgan fingerprint density at radius 1 is 1.27 bits per heavy atom.